The SMILES string of the molecule is Cn1cc(-n2[c-][n+]3c4c(cccc42)-c2ccccc2-c2ccccc2-c2cccc(-c4ccccc4)c2-3)c2[c-]c(Oc3[c-]c4c(cc3)c3ccccc3n4-c3cc(C(C)(C)C)ccn3)ccc21.[Pt]. The first-order valence-electron chi connectivity index (χ1n) is 22.8. The van der Waals surface area contributed by atoms with Gasteiger partial charge in [0.2, 0.25) is 0 Å². The fourth-order valence-electron chi connectivity index (χ4n) is 10.3. The van der Waals surface area contributed by atoms with Gasteiger partial charge in [-0.25, -0.2) is 4.98 Å². The second-order valence-corrected chi connectivity index (χ2v) is 18.5. The van der Waals surface area contributed by atoms with E-state index in [1.54, 1.807) is 0 Å². The van der Waals surface area contributed by atoms with Crippen LogP contribution in [-0.4, -0.2) is 18.7 Å². The summed E-state index contributed by atoms with van der Waals surface area (Å²) in [6.07, 6.45) is 8.03. The summed E-state index contributed by atoms with van der Waals surface area (Å²) in [5.74, 6) is 2.03. The third-order valence-electron chi connectivity index (χ3n) is 13.5. The molecule has 0 bridgehead atoms. The minimum Gasteiger partial charge on any atom is -0.503 e. The van der Waals surface area contributed by atoms with Crippen LogP contribution in [0, 0.1) is 18.5 Å². The van der Waals surface area contributed by atoms with Gasteiger partial charge < -0.3 is 13.9 Å². The molecule has 0 radical (unpaired) electrons. The quantitative estimate of drug-likeness (QED) is 0.127. The van der Waals surface area contributed by atoms with Gasteiger partial charge in [-0.2, -0.15) is 6.07 Å². The van der Waals surface area contributed by atoms with Crippen LogP contribution in [0.4, 0.5) is 0 Å². The molecule has 5 heterocycles. The van der Waals surface area contributed by atoms with Gasteiger partial charge in [0.1, 0.15) is 5.82 Å². The maximum Gasteiger partial charge on any atom is 0.268 e. The number of rotatable bonds is 5. The second-order valence-electron chi connectivity index (χ2n) is 18.5. The van der Waals surface area contributed by atoms with Gasteiger partial charge in [-0.05, 0) is 90.8 Å². The Hall–Kier alpha value is -7.79. The molecule has 0 unspecified atom stereocenters. The molecule has 0 aliphatic carbocycles. The standard InChI is InChI=1S/C61H43N5O.Pt/c1-61(2,3)40-32-33-62-58(34-40)66-54-26-13-12-22-48(54)49-30-28-42(36-56(49)66)67-41-29-31-53-52(35-41)57(37-63(53)4)64-38-65-59-43(39-16-6-5-7-17-39)23-14-24-50(59)46-20-10-8-18-44(46)45-19-9-11-21-47(45)51-25-15-27-55(64)60(51)65;/h5-34,37H,1-4H3;/q-2;. The first-order chi connectivity index (χ1) is 32.8. The number of fused-ring (bicyclic) bond motifs is 11. The molecule has 0 amide bonds. The van der Waals surface area contributed by atoms with Crippen LogP contribution in [0.15, 0.2) is 188 Å². The summed E-state index contributed by atoms with van der Waals surface area (Å²) < 4.78 is 15.6. The molecule has 0 fully saturated rings. The van der Waals surface area contributed by atoms with Crippen molar-refractivity contribution >= 4 is 43.7 Å². The number of aryl methyl sites for hydroxylation is 1. The molecule has 12 aromatic rings. The van der Waals surface area contributed by atoms with Gasteiger partial charge >= 0.3 is 0 Å². The van der Waals surface area contributed by atoms with E-state index in [0.717, 1.165) is 83.2 Å². The summed E-state index contributed by atoms with van der Waals surface area (Å²) in [6, 6.07) is 69.9. The molecule has 1 aliphatic heterocycles. The van der Waals surface area contributed by atoms with Crippen LogP contribution in [0.3, 0.4) is 0 Å². The molecule has 13 rings (SSSR count). The minimum absolute atomic E-state index is 0. The number of nitrogens with zero attached hydrogens (tertiary/aromatic N) is 5. The van der Waals surface area contributed by atoms with Crippen molar-refractivity contribution < 1.29 is 30.4 Å². The largest absolute Gasteiger partial charge is 0.503 e. The summed E-state index contributed by atoms with van der Waals surface area (Å²) in [5, 5.41) is 3.14. The van der Waals surface area contributed by atoms with E-state index in [-0.39, 0.29) is 26.5 Å². The van der Waals surface area contributed by atoms with Crippen LogP contribution in [0.5, 0.6) is 11.5 Å². The molecule has 8 aromatic carbocycles. The van der Waals surface area contributed by atoms with Crippen LogP contribution >= 0.6 is 0 Å². The van der Waals surface area contributed by atoms with Crippen LogP contribution in [0.2, 0.25) is 0 Å². The third kappa shape index (κ3) is 6.50. The minimum atomic E-state index is -0.0339. The second kappa shape index (κ2) is 15.9. The first-order valence-corrected chi connectivity index (χ1v) is 22.8. The van der Waals surface area contributed by atoms with Crippen molar-refractivity contribution in [3.8, 4) is 73.2 Å². The van der Waals surface area contributed by atoms with E-state index in [2.05, 4.69) is 235 Å². The maximum absolute atomic E-state index is 6.75. The molecule has 1 aliphatic rings. The molecule has 7 heteroatoms. The summed E-state index contributed by atoms with van der Waals surface area (Å²) in [5.41, 5.74) is 17.5. The Labute approximate surface area is 409 Å². The number of pyridine rings is 1. The van der Waals surface area contributed by atoms with Crippen molar-refractivity contribution in [3.05, 3.63) is 212 Å². The number of ether oxygens (including phenoxy) is 1. The molecule has 68 heavy (non-hydrogen) atoms. The van der Waals surface area contributed by atoms with Crippen LogP contribution in [0.1, 0.15) is 26.3 Å². The van der Waals surface area contributed by atoms with E-state index in [9.17, 15) is 0 Å². The molecule has 0 N–H and O–H groups in total. The number of benzene rings is 8. The zero-order valence-corrected chi connectivity index (χ0v) is 40.1. The van der Waals surface area contributed by atoms with Crippen molar-refractivity contribution in [1.29, 1.82) is 0 Å². The van der Waals surface area contributed by atoms with Crippen molar-refractivity contribution in [1.82, 2.24) is 18.7 Å². The molecule has 4 aromatic heterocycles. The van der Waals surface area contributed by atoms with E-state index in [4.69, 9.17) is 9.72 Å². The van der Waals surface area contributed by atoms with Crippen molar-refractivity contribution in [3.63, 3.8) is 0 Å². The summed E-state index contributed by atoms with van der Waals surface area (Å²) in [7, 11) is 2.09. The predicted octanol–water partition coefficient (Wildman–Crippen LogP) is 14.4. The van der Waals surface area contributed by atoms with Gasteiger partial charge in [-0.1, -0.05) is 177 Å². The Kier molecular flexibility index (Phi) is 9.75. The predicted molar refractivity (Wildman–Crippen MR) is 270 cm³/mol. The summed E-state index contributed by atoms with van der Waals surface area (Å²) >= 11 is 0. The third-order valence-corrected chi connectivity index (χ3v) is 13.5. The van der Waals surface area contributed by atoms with Crippen LogP contribution in [0.25, 0.3) is 105 Å². The van der Waals surface area contributed by atoms with Crippen molar-refractivity contribution in [2.45, 2.75) is 26.2 Å². The van der Waals surface area contributed by atoms with Crippen molar-refractivity contribution in [2.24, 2.45) is 7.05 Å². The topological polar surface area (TPSA) is 40.8 Å². The van der Waals surface area contributed by atoms with E-state index in [0.29, 0.717) is 11.5 Å². The van der Waals surface area contributed by atoms with E-state index >= 15 is 0 Å². The Bertz CT molecular complexity index is 3960. The van der Waals surface area contributed by atoms with Crippen LogP contribution in [-0.2, 0) is 33.5 Å². The van der Waals surface area contributed by atoms with E-state index in [1.165, 1.54) is 27.8 Å². The fraction of sp³-hybridized carbons (Fsp3) is 0.0820. The summed E-state index contributed by atoms with van der Waals surface area (Å²) in [4.78, 5) is 4.88. The smallest absolute Gasteiger partial charge is 0.268 e. The molecule has 0 saturated heterocycles. The maximum atomic E-state index is 6.75. The Morgan fingerprint density at radius 2 is 1.18 bits per heavy atom. The zero-order chi connectivity index (χ0) is 45.0. The van der Waals surface area contributed by atoms with E-state index < -0.39 is 0 Å². The average molecular weight is 1060 g/mol. The average Bonchev–Trinajstić information content (AvgIpc) is 4.02. The molecular weight excluding hydrogens is 1010 g/mol. The summed E-state index contributed by atoms with van der Waals surface area (Å²) in [6.45, 7) is 6.69. The molecular formula is C61H43N5OPt-2. The van der Waals surface area contributed by atoms with Gasteiger partial charge in [0, 0.05) is 51.3 Å². The molecule has 6 nitrogen and oxygen atoms in total. The number of aromatic nitrogens is 5. The normalized spacial score (nSPS) is 12.0. The number of hydrogen-bond acceptors (Lipinski definition) is 2. The van der Waals surface area contributed by atoms with E-state index in [1.807, 2.05) is 18.3 Å². The first kappa shape index (κ1) is 41.6. The molecule has 0 saturated carbocycles. The zero-order valence-electron chi connectivity index (χ0n) is 37.9. The van der Waals surface area contributed by atoms with Gasteiger partial charge in [0.15, 0.2) is 0 Å². The molecule has 0 spiro atoms. The Balaban J connectivity index is 0.00000480. The Morgan fingerprint density at radius 1 is 0.559 bits per heavy atom. The monoisotopic (exact) mass is 1060 g/mol. The van der Waals surface area contributed by atoms with Gasteiger partial charge in [-0.15, -0.1) is 23.6 Å². The number of hydrogen-bond donors (Lipinski definition) is 0. The van der Waals surface area contributed by atoms with Gasteiger partial charge in [0.25, 0.3) is 6.33 Å². The molecule has 0 atom stereocenters. The van der Waals surface area contributed by atoms with Gasteiger partial charge in [-0.3, -0.25) is 9.13 Å². The Morgan fingerprint density at radius 3 is 1.96 bits per heavy atom. The number of imidazole rings is 1. The van der Waals surface area contributed by atoms with Crippen LogP contribution < -0.4 is 9.30 Å². The number of para-hydroxylation sites is 3. The fourth-order valence-corrected chi connectivity index (χ4v) is 10.3. The van der Waals surface area contributed by atoms with Crippen molar-refractivity contribution in [2.75, 3.05) is 0 Å². The molecule has 330 valence electrons. The van der Waals surface area contributed by atoms with Gasteiger partial charge in [0.05, 0.1) is 22.4 Å².